The molecule has 2 aliphatic rings. The summed E-state index contributed by atoms with van der Waals surface area (Å²) in [4.78, 5) is 38.0. The Morgan fingerprint density at radius 1 is 1.23 bits per heavy atom. The van der Waals surface area contributed by atoms with Crippen LogP contribution >= 0.6 is 12.6 Å². The lowest BCUT2D eigenvalue weighted by Gasteiger charge is -2.37. The summed E-state index contributed by atoms with van der Waals surface area (Å²) < 4.78 is 0. The molecule has 0 spiro atoms. The lowest BCUT2D eigenvalue weighted by Crippen LogP contribution is -2.55. The molecule has 148 valence electrons. The van der Waals surface area contributed by atoms with Gasteiger partial charge in [0.05, 0.1) is 5.25 Å². The number of rotatable bonds is 6. The van der Waals surface area contributed by atoms with E-state index in [0.717, 1.165) is 25.7 Å². The Hall–Kier alpha value is -1.24. The standard InChI is InChI=1S/C19H32N2O4S/c1-19(2)10-6-9-14(18(25)21(19)12-16(22)23)20-17(24)15(26)11-13-7-4-3-5-8-13/h13-15,26H,3-12H2,1-2H3,(H,20,24)(H,22,23)/t14-,15-/m0/s1. The van der Waals surface area contributed by atoms with Crippen LogP contribution in [0.4, 0.5) is 0 Å². The molecule has 1 aliphatic heterocycles. The van der Waals surface area contributed by atoms with Gasteiger partial charge in [0.25, 0.3) is 0 Å². The molecule has 26 heavy (non-hydrogen) atoms. The zero-order valence-electron chi connectivity index (χ0n) is 15.9. The van der Waals surface area contributed by atoms with Crippen LogP contribution in [-0.2, 0) is 14.4 Å². The van der Waals surface area contributed by atoms with E-state index >= 15 is 0 Å². The summed E-state index contributed by atoms with van der Waals surface area (Å²) in [6.07, 6.45) is 8.74. The van der Waals surface area contributed by atoms with Crippen molar-refractivity contribution in [2.45, 2.75) is 88.5 Å². The second kappa shape index (κ2) is 9.11. The number of carboxylic acids is 1. The van der Waals surface area contributed by atoms with Crippen LogP contribution in [0.5, 0.6) is 0 Å². The maximum absolute atomic E-state index is 12.9. The molecule has 0 aromatic carbocycles. The van der Waals surface area contributed by atoms with Crippen LogP contribution in [0.2, 0.25) is 0 Å². The summed E-state index contributed by atoms with van der Waals surface area (Å²) in [7, 11) is 0. The van der Waals surface area contributed by atoms with Crippen molar-refractivity contribution in [3.63, 3.8) is 0 Å². The zero-order chi connectivity index (χ0) is 19.3. The Morgan fingerprint density at radius 2 is 1.88 bits per heavy atom. The van der Waals surface area contributed by atoms with Gasteiger partial charge in [-0.2, -0.15) is 12.6 Å². The molecule has 1 saturated carbocycles. The quantitative estimate of drug-likeness (QED) is 0.615. The first kappa shape index (κ1) is 21.1. The molecule has 0 radical (unpaired) electrons. The van der Waals surface area contributed by atoms with Gasteiger partial charge >= 0.3 is 5.97 Å². The Kier molecular flexibility index (Phi) is 7.38. The van der Waals surface area contributed by atoms with Crippen molar-refractivity contribution < 1.29 is 19.5 Å². The molecule has 2 fully saturated rings. The molecule has 7 heteroatoms. The van der Waals surface area contributed by atoms with Crippen LogP contribution in [0, 0.1) is 5.92 Å². The number of carbonyl (C=O) groups is 3. The molecule has 0 bridgehead atoms. The number of hydrogen-bond donors (Lipinski definition) is 3. The number of aliphatic carboxylic acids is 1. The lowest BCUT2D eigenvalue weighted by atomic mass is 9.86. The topological polar surface area (TPSA) is 86.7 Å². The molecule has 0 aromatic rings. The molecule has 0 aromatic heterocycles. The van der Waals surface area contributed by atoms with Crippen LogP contribution in [0.25, 0.3) is 0 Å². The van der Waals surface area contributed by atoms with Gasteiger partial charge in [0, 0.05) is 5.54 Å². The molecule has 1 heterocycles. The van der Waals surface area contributed by atoms with Gasteiger partial charge in [0.1, 0.15) is 12.6 Å². The van der Waals surface area contributed by atoms with Crippen LogP contribution < -0.4 is 5.32 Å². The van der Waals surface area contributed by atoms with Gasteiger partial charge in [-0.25, -0.2) is 0 Å². The smallest absolute Gasteiger partial charge is 0.323 e. The predicted octanol–water partition coefficient (Wildman–Crippen LogP) is 2.62. The highest BCUT2D eigenvalue weighted by Gasteiger charge is 2.39. The fourth-order valence-electron chi connectivity index (χ4n) is 4.16. The molecule has 2 N–H and O–H groups in total. The molecule has 1 saturated heterocycles. The van der Waals surface area contributed by atoms with Gasteiger partial charge < -0.3 is 15.3 Å². The van der Waals surface area contributed by atoms with Crippen LogP contribution in [0.1, 0.15) is 71.6 Å². The Labute approximate surface area is 161 Å². The summed E-state index contributed by atoms with van der Waals surface area (Å²) in [6.45, 7) is 3.41. The third-order valence-electron chi connectivity index (χ3n) is 5.77. The first-order valence-electron chi connectivity index (χ1n) is 9.72. The van der Waals surface area contributed by atoms with E-state index in [1.165, 1.54) is 24.2 Å². The minimum Gasteiger partial charge on any atom is -0.480 e. The highest BCUT2D eigenvalue weighted by Crippen LogP contribution is 2.30. The highest BCUT2D eigenvalue weighted by molar-refractivity contribution is 7.81. The minimum absolute atomic E-state index is 0.216. The molecular weight excluding hydrogens is 352 g/mol. The number of thiol groups is 1. The first-order chi connectivity index (χ1) is 12.2. The van der Waals surface area contributed by atoms with Crippen LogP contribution in [0.15, 0.2) is 0 Å². The minimum atomic E-state index is -1.04. The molecule has 2 amide bonds. The summed E-state index contributed by atoms with van der Waals surface area (Å²) in [5.74, 6) is -1.03. The second-order valence-corrected chi connectivity index (χ2v) is 8.96. The number of hydrogen-bond acceptors (Lipinski definition) is 4. The van der Waals surface area contributed by atoms with Gasteiger partial charge in [-0.1, -0.05) is 32.1 Å². The third-order valence-corrected chi connectivity index (χ3v) is 6.22. The van der Waals surface area contributed by atoms with E-state index in [-0.39, 0.29) is 18.4 Å². The average Bonchev–Trinajstić information content (AvgIpc) is 2.67. The molecule has 0 unspecified atom stereocenters. The molecule has 2 rings (SSSR count). The van der Waals surface area contributed by atoms with Crippen molar-refractivity contribution in [2.75, 3.05) is 6.54 Å². The number of amides is 2. The Morgan fingerprint density at radius 3 is 2.50 bits per heavy atom. The molecular formula is C19H32N2O4S. The summed E-state index contributed by atoms with van der Waals surface area (Å²) in [5, 5.41) is 11.6. The van der Waals surface area contributed by atoms with E-state index < -0.39 is 22.8 Å². The van der Waals surface area contributed by atoms with Crippen LogP contribution in [-0.4, -0.2) is 51.2 Å². The monoisotopic (exact) mass is 384 g/mol. The van der Waals surface area contributed by atoms with Crippen molar-refractivity contribution in [2.24, 2.45) is 5.92 Å². The van der Waals surface area contributed by atoms with E-state index in [1.54, 1.807) is 0 Å². The number of likely N-dealkylation sites (tertiary alicyclic amines) is 1. The number of carbonyl (C=O) groups excluding carboxylic acids is 2. The molecule has 2 atom stereocenters. The fraction of sp³-hybridized carbons (Fsp3) is 0.842. The van der Waals surface area contributed by atoms with Gasteiger partial charge in [0.15, 0.2) is 0 Å². The highest BCUT2D eigenvalue weighted by atomic mass is 32.1. The fourth-order valence-corrected chi connectivity index (χ4v) is 4.53. The Balaban J connectivity index is 1.98. The maximum atomic E-state index is 12.9. The first-order valence-corrected chi connectivity index (χ1v) is 10.2. The number of nitrogens with zero attached hydrogens (tertiary/aromatic N) is 1. The number of carboxylic acid groups (broad SMARTS) is 1. The zero-order valence-corrected chi connectivity index (χ0v) is 16.8. The SMILES string of the molecule is CC1(C)CCC[C@H](NC(=O)[C@@H](S)CC2CCCCC2)C(=O)N1CC(=O)O. The van der Waals surface area contributed by atoms with Crippen LogP contribution in [0.3, 0.4) is 0 Å². The van der Waals surface area contributed by atoms with E-state index in [4.69, 9.17) is 5.11 Å². The lowest BCUT2D eigenvalue weighted by molar-refractivity contribution is -0.149. The van der Waals surface area contributed by atoms with Gasteiger partial charge in [-0.15, -0.1) is 0 Å². The number of nitrogens with one attached hydrogen (secondary N) is 1. The van der Waals surface area contributed by atoms with Crippen molar-refractivity contribution in [1.82, 2.24) is 10.2 Å². The average molecular weight is 385 g/mol. The summed E-state index contributed by atoms with van der Waals surface area (Å²) in [5.41, 5.74) is -0.530. The molecule has 1 aliphatic carbocycles. The summed E-state index contributed by atoms with van der Waals surface area (Å²) >= 11 is 4.47. The van der Waals surface area contributed by atoms with Crippen molar-refractivity contribution in [3.8, 4) is 0 Å². The predicted molar refractivity (Wildman–Crippen MR) is 103 cm³/mol. The maximum Gasteiger partial charge on any atom is 0.323 e. The molecule has 6 nitrogen and oxygen atoms in total. The van der Waals surface area contributed by atoms with E-state index in [2.05, 4.69) is 17.9 Å². The van der Waals surface area contributed by atoms with Gasteiger partial charge in [0.2, 0.25) is 11.8 Å². The largest absolute Gasteiger partial charge is 0.480 e. The van der Waals surface area contributed by atoms with Gasteiger partial charge in [-0.3, -0.25) is 14.4 Å². The normalized spacial score (nSPS) is 25.4. The van der Waals surface area contributed by atoms with E-state index in [0.29, 0.717) is 18.8 Å². The van der Waals surface area contributed by atoms with E-state index in [9.17, 15) is 14.4 Å². The van der Waals surface area contributed by atoms with Gasteiger partial charge in [-0.05, 0) is 45.4 Å². The van der Waals surface area contributed by atoms with Crippen molar-refractivity contribution >= 4 is 30.4 Å². The van der Waals surface area contributed by atoms with Crippen molar-refractivity contribution in [3.05, 3.63) is 0 Å². The van der Waals surface area contributed by atoms with E-state index in [1.807, 2.05) is 13.8 Å². The summed E-state index contributed by atoms with van der Waals surface area (Å²) in [6, 6.07) is -0.662. The second-order valence-electron chi connectivity index (χ2n) is 8.34. The Bertz CT molecular complexity index is 532. The van der Waals surface area contributed by atoms with Crippen molar-refractivity contribution in [1.29, 1.82) is 0 Å². The third kappa shape index (κ3) is 5.63.